The highest BCUT2D eigenvalue weighted by molar-refractivity contribution is 14.2. The number of ether oxygens (including phenoxy) is 1. The zero-order valence-electron chi connectivity index (χ0n) is 5.60. The SMILES string of the molecule is ISC#CC1CCOCC1. The summed E-state index contributed by atoms with van der Waals surface area (Å²) in [6, 6.07) is 0. The molecule has 0 aromatic rings. The molecule has 1 aliphatic rings. The largest absolute Gasteiger partial charge is 0.381 e. The van der Waals surface area contributed by atoms with Gasteiger partial charge in [-0.2, -0.15) is 0 Å². The maximum atomic E-state index is 5.20. The van der Waals surface area contributed by atoms with E-state index in [-0.39, 0.29) is 0 Å². The highest BCUT2D eigenvalue weighted by Crippen LogP contribution is 2.15. The molecule has 10 heavy (non-hydrogen) atoms. The molecule has 1 heterocycles. The molecule has 1 aliphatic heterocycles. The van der Waals surface area contributed by atoms with Crippen LogP contribution in [0, 0.1) is 17.1 Å². The monoisotopic (exact) mass is 268 g/mol. The Morgan fingerprint density at radius 2 is 2.10 bits per heavy atom. The predicted octanol–water partition coefficient (Wildman–Crippen LogP) is 2.46. The topological polar surface area (TPSA) is 9.23 Å². The molecule has 1 nitrogen and oxygen atoms in total. The van der Waals surface area contributed by atoms with Gasteiger partial charge in [-0.05, 0) is 27.0 Å². The Kier molecular flexibility index (Phi) is 4.59. The lowest BCUT2D eigenvalue weighted by Crippen LogP contribution is -2.13. The van der Waals surface area contributed by atoms with E-state index in [1.165, 1.54) is 0 Å². The fourth-order valence-corrected chi connectivity index (χ4v) is 1.54. The van der Waals surface area contributed by atoms with Crippen LogP contribution in [-0.2, 0) is 4.74 Å². The first-order valence-corrected chi connectivity index (χ1v) is 6.65. The van der Waals surface area contributed by atoms with Crippen LogP contribution in [0.5, 0.6) is 0 Å². The third-order valence-corrected chi connectivity index (χ3v) is 2.38. The van der Waals surface area contributed by atoms with Crippen molar-refractivity contribution in [3.05, 3.63) is 0 Å². The van der Waals surface area contributed by atoms with Crippen molar-refractivity contribution in [2.75, 3.05) is 13.2 Å². The van der Waals surface area contributed by atoms with Crippen LogP contribution in [0.15, 0.2) is 0 Å². The quantitative estimate of drug-likeness (QED) is 0.493. The van der Waals surface area contributed by atoms with E-state index in [1.807, 2.05) is 0 Å². The van der Waals surface area contributed by atoms with E-state index in [0.29, 0.717) is 5.92 Å². The Morgan fingerprint density at radius 1 is 1.40 bits per heavy atom. The summed E-state index contributed by atoms with van der Waals surface area (Å²) in [5.74, 6) is 3.79. The van der Waals surface area contributed by atoms with Gasteiger partial charge in [-0.1, -0.05) is 5.92 Å². The normalized spacial score (nSPS) is 19.7. The number of halogens is 1. The van der Waals surface area contributed by atoms with Gasteiger partial charge in [0.2, 0.25) is 0 Å². The van der Waals surface area contributed by atoms with E-state index >= 15 is 0 Å². The second kappa shape index (κ2) is 5.28. The molecule has 0 aliphatic carbocycles. The molecule has 0 bridgehead atoms. The lowest BCUT2D eigenvalue weighted by atomic mass is 10.0. The van der Waals surface area contributed by atoms with Crippen molar-refractivity contribution in [3.8, 4) is 11.2 Å². The first-order valence-electron chi connectivity index (χ1n) is 3.29. The van der Waals surface area contributed by atoms with Crippen LogP contribution in [0.25, 0.3) is 0 Å². The number of rotatable bonds is 0. The number of hydrogen-bond acceptors (Lipinski definition) is 2. The van der Waals surface area contributed by atoms with E-state index in [2.05, 4.69) is 32.4 Å². The summed E-state index contributed by atoms with van der Waals surface area (Å²) >= 11 is 2.20. The molecule has 0 amide bonds. The van der Waals surface area contributed by atoms with Crippen molar-refractivity contribution in [1.29, 1.82) is 0 Å². The van der Waals surface area contributed by atoms with Crippen molar-refractivity contribution < 1.29 is 4.74 Å². The molecule has 0 spiro atoms. The van der Waals surface area contributed by atoms with Crippen LogP contribution in [0.1, 0.15) is 12.8 Å². The highest BCUT2D eigenvalue weighted by Gasteiger charge is 2.09. The molecule has 1 fully saturated rings. The van der Waals surface area contributed by atoms with Gasteiger partial charge < -0.3 is 4.74 Å². The first-order chi connectivity index (χ1) is 4.93. The Bertz CT molecular complexity index is 143. The van der Waals surface area contributed by atoms with Crippen LogP contribution < -0.4 is 0 Å². The average Bonchev–Trinajstić information content (AvgIpc) is 2.03. The van der Waals surface area contributed by atoms with Gasteiger partial charge in [0.05, 0.1) is 0 Å². The molecular weight excluding hydrogens is 259 g/mol. The predicted molar refractivity (Wildman–Crippen MR) is 52.9 cm³/mol. The van der Waals surface area contributed by atoms with Crippen molar-refractivity contribution in [3.63, 3.8) is 0 Å². The molecule has 0 N–H and O–H groups in total. The van der Waals surface area contributed by atoms with Crippen LogP contribution in [0.4, 0.5) is 0 Å². The molecule has 56 valence electrons. The molecule has 1 rings (SSSR count). The summed E-state index contributed by atoms with van der Waals surface area (Å²) in [6.07, 6.45) is 2.23. The van der Waals surface area contributed by atoms with Crippen molar-refractivity contribution >= 4 is 30.1 Å². The van der Waals surface area contributed by atoms with E-state index in [4.69, 9.17) is 4.74 Å². The summed E-state index contributed by atoms with van der Waals surface area (Å²) in [5, 5.41) is 3.02. The van der Waals surface area contributed by atoms with Crippen LogP contribution in [-0.4, -0.2) is 13.2 Å². The van der Waals surface area contributed by atoms with Gasteiger partial charge in [0, 0.05) is 40.3 Å². The highest BCUT2D eigenvalue weighted by atomic mass is 127. The van der Waals surface area contributed by atoms with Gasteiger partial charge in [0.25, 0.3) is 0 Å². The lowest BCUT2D eigenvalue weighted by Gasteiger charge is -2.16. The smallest absolute Gasteiger partial charge is 0.0477 e. The Balaban J connectivity index is 2.25. The molecule has 1 saturated heterocycles. The summed E-state index contributed by atoms with van der Waals surface area (Å²) in [4.78, 5) is 0. The minimum Gasteiger partial charge on any atom is -0.381 e. The molecule has 0 atom stereocenters. The van der Waals surface area contributed by atoms with E-state index in [9.17, 15) is 0 Å². The zero-order valence-corrected chi connectivity index (χ0v) is 8.57. The zero-order chi connectivity index (χ0) is 7.23. The molecule has 0 aromatic carbocycles. The van der Waals surface area contributed by atoms with Gasteiger partial charge in [-0.3, -0.25) is 0 Å². The standard InChI is InChI=1S/C7H9IOS/c8-10-6-3-7-1-4-9-5-2-7/h7H,1-2,4-5H2. The maximum Gasteiger partial charge on any atom is 0.0477 e. The fraction of sp³-hybridized carbons (Fsp3) is 0.714. The van der Waals surface area contributed by atoms with Gasteiger partial charge in [0.1, 0.15) is 0 Å². The van der Waals surface area contributed by atoms with Crippen LogP contribution >= 0.6 is 30.1 Å². The molecule has 3 heteroatoms. The second-order valence-corrected chi connectivity index (χ2v) is 3.89. The minimum atomic E-state index is 0.594. The third kappa shape index (κ3) is 3.13. The van der Waals surface area contributed by atoms with E-state index in [0.717, 1.165) is 26.1 Å². The van der Waals surface area contributed by atoms with Gasteiger partial charge >= 0.3 is 0 Å². The van der Waals surface area contributed by atoms with Crippen LogP contribution in [0.2, 0.25) is 0 Å². The molecule has 0 aromatic heterocycles. The van der Waals surface area contributed by atoms with E-state index in [1.54, 1.807) is 8.93 Å². The Labute approximate surface area is 77.9 Å². The molecule has 0 unspecified atom stereocenters. The van der Waals surface area contributed by atoms with Crippen molar-refractivity contribution in [1.82, 2.24) is 0 Å². The number of hydrogen-bond donors (Lipinski definition) is 0. The summed E-state index contributed by atoms with van der Waals surface area (Å²) in [6.45, 7) is 1.79. The Hall–Kier alpha value is 0.600. The third-order valence-electron chi connectivity index (χ3n) is 1.52. The van der Waals surface area contributed by atoms with Crippen molar-refractivity contribution in [2.24, 2.45) is 5.92 Å². The molecule has 0 radical (unpaired) electrons. The lowest BCUT2D eigenvalue weighted by molar-refractivity contribution is 0.0807. The van der Waals surface area contributed by atoms with E-state index < -0.39 is 0 Å². The van der Waals surface area contributed by atoms with Gasteiger partial charge in [-0.25, -0.2) is 0 Å². The molecule has 0 saturated carbocycles. The van der Waals surface area contributed by atoms with Crippen molar-refractivity contribution in [2.45, 2.75) is 12.8 Å². The van der Waals surface area contributed by atoms with Gasteiger partial charge in [-0.15, -0.1) is 0 Å². The molecular formula is C7H9IOS. The first kappa shape index (κ1) is 8.69. The summed E-state index contributed by atoms with van der Waals surface area (Å²) in [5.41, 5.74) is 0. The summed E-state index contributed by atoms with van der Waals surface area (Å²) < 4.78 is 5.20. The Morgan fingerprint density at radius 3 is 2.70 bits per heavy atom. The van der Waals surface area contributed by atoms with Gasteiger partial charge in [0.15, 0.2) is 0 Å². The fourth-order valence-electron chi connectivity index (χ4n) is 0.948. The maximum absolute atomic E-state index is 5.20. The minimum absolute atomic E-state index is 0.594. The average molecular weight is 268 g/mol. The summed E-state index contributed by atoms with van der Waals surface area (Å²) in [7, 11) is 1.56. The second-order valence-electron chi connectivity index (χ2n) is 2.21. The van der Waals surface area contributed by atoms with Crippen LogP contribution in [0.3, 0.4) is 0 Å².